The number of amides is 8. The lowest BCUT2D eigenvalue weighted by atomic mass is 9.99. The number of nitrogens with zero attached hydrogens (tertiary/aromatic N) is 1. The topological polar surface area (TPSA) is 414 Å². The zero-order valence-electron chi connectivity index (χ0n) is 43.0. The number of aromatic hydroxyl groups is 1. The molecule has 8 amide bonds. The Morgan fingerprint density at radius 1 is 0.766 bits per heavy atom. The second-order valence-electron chi connectivity index (χ2n) is 19.2. The standard InChI is InChI=1S/C51H69N13O11S2/c1-26(65)39(42(53)68)62-49(75)41-51(3,4)77-76-25-38(61-43(69)33(52)21-28-11-6-5-7-12-28)47(73)59-36(22-29-16-18-31(67)19-17-29)45(71)60-37(23-30-24-57-34-14-9-8-13-32(30)34)46(72)58-35(15-10-20-56-50(54)55)44(70)63-40(27(2)66)48(74)64-41/h5-9,11-14,16-19,24,26-27,33,35-41,57,65-67H,10,15,20-23,25,52H2,1-4H3,(H2,53,68)(H,58,72)(H,59,73)(H,60,71)(H,61,69)(H,62,75)(H,63,70)(H,64,74)(H4,54,55,56)/t26-,27-,33+,35+,36+,37+,38+,39+,40+,41-/m1/s1. The maximum Gasteiger partial charge on any atom is 0.245 e. The Hall–Kier alpha value is -7.39. The molecule has 3 aromatic carbocycles. The number of nitrogens with two attached hydrogens (primary N) is 4. The van der Waals surface area contributed by atoms with Gasteiger partial charge in [-0.15, -0.1) is 0 Å². The highest BCUT2D eigenvalue weighted by Gasteiger charge is 2.43. The molecule has 4 aromatic rings. The number of rotatable bonds is 17. The number of carbonyl (C=O) groups is 8. The number of para-hydroxylation sites is 1. The Balaban J connectivity index is 1.64. The normalized spacial score (nSPS) is 22.5. The molecule has 1 aliphatic rings. The molecule has 5 rings (SSSR count). The second-order valence-corrected chi connectivity index (χ2v) is 22.2. The van der Waals surface area contributed by atoms with Crippen molar-refractivity contribution in [3.8, 4) is 5.75 Å². The van der Waals surface area contributed by atoms with Crippen molar-refractivity contribution in [1.82, 2.24) is 42.2 Å². The minimum absolute atomic E-state index is 0.00282. The molecule has 2 heterocycles. The SMILES string of the molecule is C[C@@H](O)[C@H](NC(=O)[C@H]1NC(=O)[C@H]([C@@H](C)O)NC(=O)[C@H](CCCN=C(N)N)NC(=O)[C@H](Cc2c[nH]c3ccccc23)NC(=O)[C@H](Cc2ccc(O)cc2)NC(=O)[C@@H](NC(=O)[C@@H](N)Cc2ccccc2)CSSC1(C)C)C(N)=O. The van der Waals surface area contributed by atoms with Gasteiger partial charge in [0.25, 0.3) is 0 Å². The summed E-state index contributed by atoms with van der Waals surface area (Å²) in [6.07, 6.45) is -1.83. The first-order valence-corrected chi connectivity index (χ1v) is 27.0. The van der Waals surface area contributed by atoms with Crippen LogP contribution in [-0.4, -0.2) is 151 Å². The van der Waals surface area contributed by atoms with Gasteiger partial charge in [0.15, 0.2) is 5.96 Å². The predicted octanol–water partition coefficient (Wildman–Crippen LogP) is -1.90. The van der Waals surface area contributed by atoms with E-state index in [2.05, 4.69) is 47.2 Å². The number of aliphatic hydroxyl groups excluding tert-OH is 2. The average molecular weight is 1100 g/mol. The van der Waals surface area contributed by atoms with Crippen LogP contribution >= 0.6 is 21.6 Å². The van der Waals surface area contributed by atoms with E-state index in [0.717, 1.165) is 27.2 Å². The van der Waals surface area contributed by atoms with E-state index in [-0.39, 0.29) is 56.1 Å². The van der Waals surface area contributed by atoms with Crippen molar-refractivity contribution in [2.45, 2.75) is 125 Å². The molecule has 1 aromatic heterocycles. The quantitative estimate of drug-likeness (QED) is 0.0238. The van der Waals surface area contributed by atoms with Crippen LogP contribution in [0.3, 0.4) is 0 Å². The lowest BCUT2D eigenvalue weighted by Gasteiger charge is -2.36. The number of aromatic nitrogens is 1. The third kappa shape index (κ3) is 17.8. The van der Waals surface area contributed by atoms with Gasteiger partial charge in [0.2, 0.25) is 47.3 Å². The number of benzene rings is 3. The van der Waals surface area contributed by atoms with Crippen molar-refractivity contribution in [3.05, 3.63) is 102 Å². The molecule has 19 N–H and O–H groups in total. The third-order valence-electron chi connectivity index (χ3n) is 12.5. The summed E-state index contributed by atoms with van der Waals surface area (Å²) in [5, 5.41) is 50.6. The number of fused-ring (bicyclic) bond motifs is 1. The van der Waals surface area contributed by atoms with Crippen LogP contribution in [0.4, 0.5) is 0 Å². The molecule has 416 valence electrons. The zero-order valence-corrected chi connectivity index (χ0v) is 44.6. The molecule has 1 saturated heterocycles. The highest BCUT2D eigenvalue weighted by atomic mass is 33.1. The van der Waals surface area contributed by atoms with Gasteiger partial charge in [0, 0.05) is 47.0 Å². The average Bonchev–Trinajstić information content (AvgIpc) is 3.79. The molecule has 0 unspecified atom stereocenters. The molecule has 0 spiro atoms. The van der Waals surface area contributed by atoms with E-state index >= 15 is 0 Å². The number of aliphatic imine (C=N–C) groups is 1. The van der Waals surface area contributed by atoms with E-state index in [4.69, 9.17) is 22.9 Å². The number of guanidine groups is 1. The van der Waals surface area contributed by atoms with Gasteiger partial charge in [-0.25, -0.2) is 0 Å². The summed E-state index contributed by atoms with van der Waals surface area (Å²) in [6, 6.07) is 9.79. The van der Waals surface area contributed by atoms with E-state index in [1.165, 1.54) is 52.0 Å². The van der Waals surface area contributed by atoms with E-state index in [0.29, 0.717) is 22.0 Å². The number of phenolic OH excluding ortho intramolecular Hbond substituents is 1. The third-order valence-corrected chi connectivity index (χ3v) is 15.8. The van der Waals surface area contributed by atoms with Crippen molar-refractivity contribution in [1.29, 1.82) is 0 Å². The van der Waals surface area contributed by atoms with E-state index in [9.17, 15) is 53.7 Å². The summed E-state index contributed by atoms with van der Waals surface area (Å²) >= 11 is 0. The number of nitrogens with one attached hydrogen (secondary N) is 8. The van der Waals surface area contributed by atoms with Gasteiger partial charge in [-0.3, -0.25) is 43.3 Å². The Kier molecular flexibility index (Phi) is 22.1. The maximum atomic E-state index is 14.9. The van der Waals surface area contributed by atoms with Crippen molar-refractivity contribution in [3.63, 3.8) is 0 Å². The molecule has 0 bridgehead atoms. The molecule has 0 radical (unpaired) electrons. The molecule has 77 heavy (non-hydrogen) atoms. The number of carbonyl (C=O) groups excluding carboxylic acids is 8. The van der Waals surface area contributed by atoms with Crippen LogP contribution < -0.4 is 60.2 Å². The molecule has 0 aliphatic carbocycles. The number of primary amides is 1. The number of hydrogen-bond donors (Lipinski definition) is 15. The number of aromatic amines is 1. The lowest BCUT2D eigenvalue weighted by molar-refractivity contribution is -0.137. The van der Waals surface area contributed by atoms with Crippen molar-refractivity contribution in [2.24, 2.45) is 27.9 Å². The molecule has 0 saturated carbocycles. The van der Waals surface area contributed by atoms with E-state index < -0.39 is 113 Å². The molecule has 24 nitrogen and oxygen atoms in total. The summed E-state index contributed by atoms with van der Waals surface area (Å²) in [7, 11) is 1.92. The fourth-order valence-corrected chi connectivity index (χ4v) is 11.0. The summed E-state index contributed by atoms with van der Waals surface area (Å²) in [5.41, 5.74) is 25.5. The molecule has 10 atom stereocenters. The summed E-state index contributed by atoms with van der Waals surface area (Å²) in [6.45, 7) is 5.45. The largest absolute Gasteiger partial charge is 0.508 e. The van der Waals surface area contributed by atoms with Gasteiger partial charge >= 0.3 is 0 Å². The van der Waals surface area contributed by atoms with Crippen molar-refractivity contribution < 1.29 is 53.7 Å². The van der Waals surface area contributed by atoms with Crippen LogP contribution in [0.2, 0.25) is 0 Å². The van der Waals surface area contributed by atoms with Crippen LogP contribution in [0.25, 0.3) is 10.9 Å². The van der Waals surface area contributed by atoms with E-state index in [1.54, 1.807) is 54.7 Å². The lowest BCUT2D eigenvalue weighted by Crippen LogP contribution is -2.65. The minimum atomic E-state index is -1.80. The Labute approximate surface area is 452 Å². The van der Waals surface area contributed by atoms with Crippen LogP contribution in [0, 0.1) is 0 Å². The van der Waals surface area contributed by atoms with Gasteiger partial charge in [0.1, 0.15) is 48.0 Å². The molecular formula is C51H69N13O11S2. The monoisotopic (exact) mass is 1100 g/mol. The van der Waals surface area contributed by atoms with E-state index in [1.807, 2.05) is 6.07 Å². The molecule has 1 aliphatic heterocycles. The van der Waals surface area contributed by atoms with Crippen LogP contribution in [0.1, 0.15) is 57.2 Å². The van der Waals surface area contributed by atoms with Crippen LogP contribution in [-0.2, 0) is 57.6 Å². The Morgan fingerprint density at radius 2 is 1.38 bits per heavy atom. The van der Waals surface area contributed by atoms with Crippen LogP contribution in [0.5, 0.6) is 5.75 Å². The fourth-order valence-electron chi connectivity index (χ4n) is 8.23. The van der Waals surface area contributed by atoms with Gasteiger partial charge in [-0.2, -0.15) is 0 Å². The van der Waals surface area contributed by atoms with Crippen molar-refractivity contribution >= 4 is 85.7 Å². The highest BCUT2D eigenvalue weighted by molar-refractivity contribution is 8.77. The smallest absolute Gasteiger partial charge is 0.245 e. The first kappa shape index (κ1) is 60.5. The first-order valence-electron chi connectivity index (χ1n) is 24.7. The molecule has 26 heteroatoms. The van der Waals surface area contributed by atoms with Crippen LogP contribution in [0.15, 0.2) is 90.1 Å². The number of hydrogen-bond acceptors (Lipinski definition) is 15. The van der Waals surface area contributed by atoms with Gasteiger partial charge in [-0.05, 0) is 81.8 Å². The van der Waals surface area contributed by atoms with Gasteiger partial charge in [-0.1, -0.05) is 82.3 Å². The highest BCUT2D eigenvalue weighted by Crippen LogP contribution is 2.39. The summed E-state index contributed by atoms with van der Waals surface area (Å²) < 4.78 is -1.45. The number of H-pyrrole nitrogens is 1. The number of phenols is 1. The van der Waals surface area contributed by atoms with Gasteiger partial charge in [0.05, 0.1) is 18.2 Å². The molecule has 1 fully saturated rings. The molecular weight excluding hydrogens is 1030 g/mol. The maximum absolute atomic E-state index is 14.9. The van der Waals surface area contributed by atoms with Crippen molar-refractivity contribution in [2.75, 3.05) is 12.3 Å². The first-order chi connectivity index (χ1) is 36.4. The van der Waals surface area contributed by atoms with Gasteiger partial charge < -0.3 is 80.5 Å². The Bertz CT molecular complexity index is 2740. The predicted molar refractivity (Wildman–Crippen MR) is 292 cm³/mol. The minimum Gasteiger partial charge on any atom is -0.508 e. The summed E-state index contributed by atoms with van der Waals surface area (Å²) in [4.78, 5) is 121. The fraction of sp³-hybridized carbons (Fsp3) is 0.431. The Morgan fingerprint density at radius 3 is 2.01 bits per heavy atom. The summed E-state index contributed by atoms with van der Waals surface area (Å²) in [5.74, 6) is -8.15. The zero-order chi connectivity index (χ0) is 56.6. The number of aliphatic hydroxyl groups is 2. The second kappa shape index (κ2) is 28.1.